The lowest BCUT2D eigenvalue weighted by atomic mass is 10.1. The highest BCUT2D eigenvalue weighted by atomic mass is 35.5. The molecule has 35 heavy (non-hydrogen) atoms. The maximum absolute atomic E-state index is 13.2. The summed E-state index contributed by atoms with van der Waals surface area (Å²) in [6.07, 6.45) is 2.01. The van der Waals surface area contributed by atoms with E-state index in [9.17, 15) is 8.42 Å². The minimum atomic E-state index is -4.09. The summed E-state index contributed by atoms with van der Waals surface area (Å²) in [6.45, 7) is 2.07. The fourth-order valence-corrected chi connectivity index (χ4v) is 5.16. The van der Waals surface area contributed by atoms with Crippen LogP contribution in [-0.4, -0.2) is 44.7 Å². The average Bonchev–Trinajstić information content (AvgIpc) is 3.53. The topological polar surface area (TPSA) is 130 Å². The van der Waals surface area contributed by atoms with Crippen LogP contribution in [0.3, 0.4) is 0 Å². The van der Waals surface area contributed by atoms with Gasteiger partial charge in [0.25, 0.3) is 10.0 Å². The molecule has 0 bridgehead atoms. The van der Waals surface area contributed by atoms with Gasteiger partial charge in [0.2, 0.25) is 0 Å². The van der Waals surface area contributed by atoms with Crippen LogP contribution in [-0.2, 0) is 29.7 Å². The number of benzene rings is 2. The van der Waals surface area contributed by atoms with Gasteiger partial charge in [0.1, 0.15) is 27.5 Å². The minimum absolute atomic E-state index is 0. The maximum atomic E-state index is 13.2. The van der Waals surface area contributed by atoms with Gasteiger partial charge in [-0.3, -0.25) is 9.40 Å². The molecular weight excluding hydrogens is 498 g/mol. The van der Waals surface area contributed by atoms with Crippen LogP contribution in [0.25, 0.3) is 11.0 Å². The molecule has 13 heteroatoms. The van der Waals surface area contributed by atoms with Crippen molar-refractivity contribution in [3.05, 3.63) is 53.3 Å². The molecule has 1 aliphatic heterocycles. The van der Waals surface area contributed by atoms with Crippen LogP contribution in [0.5, 0.6) is 17.2 Å². The molecule has 0 spiro atoms. The van der Waals surface area contributed by atoms with E-state index in [-0.39, 0.29) is 28.9 Å². The molecule has 0 fully saturated rings. The summed E-state index contributed by atoms with van der Waals surface area (Å²) in [7, 11) is 0.260. The summed E-state index contributed by atoms with van der Waals surface area (Å²) in [4.78, 5) is -0.0951. The van der Waals surface area contributed by atoms with E-state index in [1.807, 2.05) is 16.9 Å². The van der Waals surface area contributed by atoms with E-state index < -0.39 is 10.0 Å². The smallest absolute Gasteiger partial charge is 0.266 e. The molecular formula is C22H24ClN5O6S. The quantitative estimate of drug-likeness (QED) is 0.359. The standard InChI is InChI=1S/C22H23N5O6S.ClH/c1-30-15-4-5-17(31-2)20(8-15)34(28,29)26-22-21-18(32-3)6-13(7-19(21)33-25-22)11-27-12-14-9-23-10-16(14)24-27;/h4-8,12,23H,9-11H2,1-3H3,(H,25,26);1H. The zero-order chi connectivity index (χ0) is 23.9. The molecule has 0 saturated carbocycles. The molecule has 186 valence electrons. The molecule has 0 unspecified atom stereocenters. The number of nitrogens with one attached hydrogen (secondary N) is 2. The Morgan fingerprint density at radius 1 is 1.09 bits per heavy atom. The molecule has 0 aliphatic carbocycles. The third-order valence-electron chi connectivity index (χ3n) is 5.59. The maximum Gasteiger partial charge on any atom is 0.266 e. The van der Waals surface area contributed by atoms with Crippen molar-refractivity contribution in [2.45, 2.75) is 24.5 Å². The van der Waals surface area contributed by atoms with Crippen LogP contribution in [0.15, 0.2) is 45.9 Å². The van der Waals surface area contributed by atoms with Gasteiger partial charge in [0, 0.05) is 30.9 Å². The second-order valence-electron chi connectivity index (χ2n) is 7.73. The van der Waals surface area contributed by atoms with Crippen molar-refractivity contribution in [2.75, 3.05) is 26.1 Å². The largest absolute Gasteiger partial charge is 0.497 e. The summed E-state index contributed by atoms with van der Waals surface area (Å²) in [5.74, 6) is 0.961. The molecule has 4 aromatic rings. The van der Waals surface area contributed by atoms with Gasteiger partial charge in [-0.05, 0) is 29.8 Å². The predicted octanol–water partition coefficient (Wildman–Crippen LogP) is 2.92. The number of sulfonamides is 1. The Morgan fingerprint density at radius 3 is 2.60 bits per heavy atom. The first-order valence-corrected chi connectivity index (χ1v) is 11.9. The molecule has 2 aromatic carbocycles. The summed E-state index contributed by atoms with van der Waals surface area (Å²) in [5.41, 5.74) is 3.47. The zero-order valence-electron chi connectivity index (χ0n) is 19.2. The Hall–Kier alpha value is -3.48. The Labute approximate surface area is 207 Å². The van der Waals surface area contributed by atoms with Crippen molar-refractivity contribution in [1.82, 2.24) is 20.3 Å². The van der Waals surface area contributed by atoms with Crippen LogP contribution in [0.1, 0.15) is 16.8 Å². The first-order valence-electron chi connectivity index (χ1n) is 10.4. The van der Waals surface area contributed by atoms with Gasteiger partial charge >= 0.3 is 0 Å². The number of hydrogen-bond acceptors (Lipinski definition) is 9. The average molecular weight is 522 g/mol. The normalized spacial score (nSPS) is 12.8. The van der Waals surface area contributed by atoms with Crippen LogP contribution >= 0.6 is 12.4 Å². The Balaban J connectivity index is 0.00000289. The van der Waals surface area contributed by atoms with E-state index in [2.05, 4.69) is 20.3 Å². The van der Waals surface area contributed by atoms with Crippen LogP contribution in [0.4, 0.5) is 5.82 Å². The number of methoxy groups -OCH3 is 3. The molecule has 0 atom stereocenters. The van der Waals surface area contributed by atoms with Gasteiger partial charge in [0.15, 0.2) is 11.4 Å². The van der Waals surface area contributed by atoms with E-state index in [4.69, 9.17) is 18.7 Å². The van der Waals surface area contributed by atoms with Gasteiger partial charge in [-0.15, -0.1) is 12.4 Å². The number of aromatic nitrogens is 3. The lowest BCUT2D eigenvalue weighted by Gasteiger charge is -2.12. The molecule has 2 aromatic heterocycles. The lowest BCUT2D eigenvalue weighted by Crippen LogP contribution is -2.14. The summed E-state index contributed by atoms with van der Waals surface area (Å²) in [6, 6.07) is 8.10. The summed E-state index contributed by atoms with van der Waals surface area (Å²) < 4.78 is 52.1. The van der Waals surface area contributed by atoms with Crippen molar-refractivity contribution in [3.63, 3.8) is 0 Å². The SMILES string of the molecule is COc1ccc(OC)c(S(=O)(=O)Nc2noc3cc(Cn4cc5c(n4)CNC5)cc(OC)c23)c1.Cl. The summed E-state index contributed by atoms with van der Waals surface area (Å²) >= 11 is 0. The third kappa shape index (κ3) is 4.59. The van der Waals surface area contributed by atoms with Crippen molar-refractivity contribution in [3.8, 4) is 17.2 Å². The van der Waals surface area contributed by atoms with E-state index in [1.54, 1.807) is 12.1 Å². The Morgan fingerprint density at radius 2 is 1.89 bits per heavy atom. The van der Waals surface area contributed by atoms with E-state index in [0.29, 0.717) is 29.0 Å². The number of nitrogens with zero attached hydrogens (tertiary/aromatic N) is 3. The van der Waals surface area contributed by atoms with Gasteiger partial charge in [-0.1, -0.05) is 5.16 Å². The van der Waals surface area contributed by atoms with Gasteiger partial charge < -0.3 is 24.1 Å². The number of fused-ring (bicyclic) bond motifs is 2. The van der Waals surface area contributed by atoms with Crippen molar-refractivity contribution in [2.24, 2.45) is 0 Å². The molecule has 2 N–H and O–H groups in total. The third-order valence-corrected chi connectivity index (χ3v) is 6.95. The molecule has 5 rings (SSSR count). The highest BCUT2D eigenvalue weighted by Gasteiger charge is 2.25. The van der Waals surface area contributed by atoms with E-state index in [0.717, 1.165) is 24.3 Å². The van der Waals surface area contributed by atoms with Gasteiger partial charge in [0.05, 0.1) is 33.6 Å². The number of hydrogen-bond donors (Lipinski definition) is 2. The molecule has 11 nitrogen and oxygen atoms in total. The van der Waals surface area contributed by atoms with Crippen molar-refractivity contribution >= 4 is 39.2 Å². The highest BCUT2D eigenvalue weighted by molar-refractivity contribution is 7.92. The van der Waals surface area contributed by atoms with Crippen LogP contribution < -0.4 is 24.2 Å². The molecule has 0 saturated heterocycles. The monoisotopic (exact) mass is 521 g/mol. The number of halogens is 1. The fourth-order valence-electron chi connectivity index (χ4n) is 3.97. The molecule has 0 amide bonds. The van der Waals surface area contributed by atoms with Gasteiger partial charge in [-0.2, -0.15) is 5.10 Å². The number of anilines is 1. The zero-order valence-corrected chi connectivity index (χ0v) is 20.8. The lowest BCUT2D eigenvalue weighted by molar-refractivity contribution is 0.392. The fraction of sp³-hybridized carbons (Fsp3) is 0.273. The van der Waals surface area contributed by atoms with E-state index >= 15 is 0 Å². The minimum Gasteiger partial charge on any atom is -0.497 e. The highest BCUT2D eigenvalue weighted by Crippen LogP contribution is 2.36. The number of rotatable bonds is 8. The molecule has 1 aliphatic rings. The predicted molar refractivity (Wildman–Crippen MR) is 130 cm³/mol. The Bertz CT molecular complexity index is 1460. The van der Waals surface area contributed by atoms with Crippen LogP contribution in [0.2, 0.25) is 0 Å². The van der Waals surface area contributed by atoms with E-state index in [1.165, 1.54) is 39.0 Å². The van der Waals surface area contributed by atoms with Gasteiger partial charge in [-0.25, -0.2) is 8.42 Å². The summed E-state index contributed by atoms with van der Waals surface area (Å²) in [5, 5.41) is 12.2. The van der Waals surface area contributed by atoms with Crippen LogP contribution in [0, 0.1) is 0 Å². The van der Waals surface area contributed by atoms with Crippen molar-refractivity contribution < 1.29 is 27.2 Å². The Kier molecular flexibility index (Phi) is 6.79. The first kappa shape index (κ1) is 24.6. The second kappa shape index (κ2) is 9.64. The molecule has 3 heterocycles. The van der Waals surface area contributed by atoms with Crippen molar-refractivity contribution in [1.29, 1.82) is 0 Å². The first-order chi connectivity index (χ1) is 16.4. The number of ether oxygens (including phenoxy) is 3. The molecule has 0 radical (unpaired) electrons. The second-order valence-corrected chi connectivity index (χ2v) is 9.38.